The maximum absolute atomic E-state index is 9.21. The summed E-state index contributed by atoms with van der Waals surface area (Å²) < 4.78 is 0. The molecule has 0 unspecified atom stereocenters. The van der Waals surface area contributed by atoms with Gasteiger partial charge in [0.15, 0.2) is 17.5 Å². The van der Waals surface area contributed by atoms with Gasteiger partial charge in [0.2, 0.25) is 0 Å². The summed E-state index contributed by atoms with van der Waals surface area (Å²) in [7, 11) is 0. The van der Waals surface area contributed by atoms with E-state index >= 15 is 0 Å². The molecular weight excluding hydrogens is 560 g/mol. The Bertz CT molecular complexity index is 2080. The Balaban J connectivity index is 1.27. The van der Waals surface area contributed by atoms with Gasteiger partial charge >= 0.3 is 0 Å². The fourth-order valence-corrected chi connectivity index (χ4v) is 6.51. The summed E-state index contributed by atoms with van der Waals surface area (Å²) in [6, 6.07) is 43.7. The first-order valence-corrected chi connectivity index (χ1v) is 15.9. The van der Waals surface area contributed by atoms with Gasteiger partial charge in [-0.2, -0.15) is 5.26 Å². The molecule has 4 nitrogen and oxygen atoms in total. The highest BCUT2D eigenvalue weighted by Crippen LogP contribution is 2.46. The molecule has 0 saturated heterocycles. The Kier molecular flexibility index (Phi) is 7.34. The lowest BCUT2D eigenvalue weighted by Crippen LogP contribution is -2.33. The minimum absolute atomic E-state index is 0.160. The van der Waals surface area contributed by atoms with Crippen LogP contribution < -0.4 is 0 Å². The van der Waals surface area contributed by atoms with Crippen molar-refractivity contribution in [3.8, 4) is 62.5 Å². The second-order valence-electron chi connectivity index (χ2n) is 13.5. The number of nitriles is 1. The Labute approximate surface area is 271 Å². The van der Waals surface area contributed by atoms with Gasteiger partial charge in [-0.15, -0.1) is 0 Å². The van der Waals surface area contributed by atoms with Crippen LogP contribution in [-0.2, 0) is 10.8 Å². The zero-order chi connectivity index (χ0) is 31.9. The molecule has 1 aliphatic rings. The molecular formula is C42H36N4. The van der Waals surface area contributed by atoms with Crippen LogP contribution in [0.2, 0.25) is 0 Å². The van der Waals surface area contributed by atoms with E-state index in [1.807, 2.05) is 66.7 Å². The Morgan fingerprint density at radius 1 is 0.457 bits per heavy atom. The number of rotatable bonds is 5. The van der Waals surface area contributed by atoms with Crippen molar-refractivity contribution in [3.63, 3.8) is 0 Å². The summed E-state index contributed by atoms with van der Waals surface area (Å²) in [5, 5.41) is 9.21. The third kappa shape index (κ3) is 5.61. The maximum Gasteiger partial charge on any atom is 0.164 e. The molecule has 0 saturated carbocycles. The van der Waals surface area contributed by atoms with E-state index in [2.05, 4.69) is 88.4 Å². The largest absolute Gasteiger partial charge is 0.208 e. The van der Waals surface area contributed by atoms with Crippen molar-refractivity contribution < 1.29 is 0 Å². The van der Waals surface area contributed by atoms with Gasteiger partial charge in [0.1, 0.15) is 0 Å². The molecule has 6 aromatic rings. The van der Waals surface area contributed by atoms with Crippen molar-refractivity contribution in [2.75, 3.05) is 0 Å². The lowest BCUT2D eigenvalue weighted by atomic mass is 9.63. The van der Waals surface area contributed by atoms with Gasteiger partial charge in [-0.1, -0.05) is 131 Å². The minimum atomic E-state index is 0.160. The maximum atomic E-state index is 9.21. The van der Waals surface area contributed by atoms with Gasteiger partial charge in [-0.25, -0.2) is 15.0 Å². The van der Waals surface area contributed by atoms with Crippen molar-refractivity contribution in [1.29, 1.82) is 5.26 Å². The lowest BCUT2D eigenvalue weighted by Gasteiger charge is -2.42. The van der Waals surface area contributed by atoms with Crippen molar-refractivity contribution in [3.05, 3.63) is 138 Å². The van der Waals surface area contributed by atoms with Crippen LogP contribution in [-0.4, -0.2) is 15.0 Å². The molecule has 0 atom stereocenters. The first-order valence-electron chi connectivity index (χ1n) is 15.9. The smallest absolute Gasteiger partial charge is 0.164 e. The molecule has 1 aromatic heterocycles. The summed E-state index contributed by atoms with van der Waals surface area (Å²) in [5.41, 5.74) is 11.2. The van der Waals surface area contributed by atoms with E-state index in [0.717, 1.165) is 27.8 Å². The number of nitrogens with zero attached hydrogens (tertiary/aromatic N) is 4. The summed E-state index contributed by atoms with van der Waals surface area (Å²) >= 11 is 0. The average molecular weight is 597 g/mol. The van der Waals surface area contributed by atoms with Gasteiger partial charge < -0.3 is 0 Å². The molecule has 0 spiro atoms. The van der Waals surface area contributed by atoms with Gasteiger partial charge in [-0.3, -0.25) is 0 Å². The van der Waals surface area contributed by atoms with Crippen LogP contribution in [0.25, 0.3) is 56.4 Å². The third-order valence-electron chi connectivity index (χ3n) is 9.46. The van der Waals surface area contributed by atoms with Crippen molar-refractivity contribution in [1.82, 2.24) is 15.0 Å². The predicted octanol–water partition coefficient (Wildman–Crippen LogP) is 10.4. The zero-order valence-corrected chi connectivity index (χ0v) is 26.8. The zero-order valence-electron chi connectivity index (χ0n) is 26.8. The molecule has 0 amide bonds. The van der Waals surface area contributed by atoms with Crippen molar-refractivity contribution >= 4 is 0 Å². The van der Waals surface area contributed by atoms with Crippen LogP contribution in [0.3, 0.4) is 0 Å². The van der Waals surface area contributed by atoms with Gasteiger partial charge in [0, 0.05) is 16.7 Å². The highest BCUT2D eigenvalue weighted by atomic mass is 15.0. The summed E-state index contributed by atoms with van der Waals surface area (Å²) in [5.74, 6) is 1.88. The quantitative estimate of drug-likeness (QED) is 0.199. The van der Waals surface area contributed by atoms with E-state index in [0.29, 0.717) is 23.0 Å². The van der Waals surface area contributed by atoms with E-state index in [9.17, 15) is 5.26 Å². The van der Waals surface area contributed by atoms with E-state index in [1.165, 1.54) is 35.1 Å². The normalized spacial score (nSPS) is 14.7. The minimum Gasteiger partial charge on any atom is -0.208 e. The molecule has 0 fully saturated rings. The first kappa shape index (κ1) is 29.3. The SMILES string of the molecule is CC1(C)CCC(C)(C)c2cc(-c3ccc(-c4nc(-c5ccccc5)nc(-c5cccc(-c6ccc(C#N)cc6)c5)n4)cc3)ccc21. The standard InChI is InChI=1S/C42H36N4/c1-41(2)23-24-42(3,4)37-26-34(21-22-36(37)41)30-17-19-32(20-18-30)39-44-38(31-9-6-5-7-10-31)45-40(46-39)35-12-8-11-33(25-35)29-15-13-28(27-43)14-16-29/h5-22,25-26H,23-24H2,1-4H3. The second-order valence-corrected chi connectivity index (χ2v) is 13.5. The van der Waals surface area contributed by atoms with Crippen LogP contribution in [0.5, 0.6) is 0 Å². The summed E-state index contributed by atoms with van der Waals surface area (Å²) in [6.45, 7) is 9.48. The fraction of sp³-hybridized carbons (Fsp3) is 0.190. The predicted molar refractivity (Wildman–Crippen MR) is 187 cm³/mol. The van der Waals surface area contributed by atoms with Gasteiger partial charge in [0.05, 0.1) is 11.6 Å². The molecule has 1 aliphatic carbocycles. The van der Waals surface area contributed by atoms with Crippen LogP contribution in [0.15, 0.2) is 121 Å². The number of fused-ring (bicyclic) bond motifs is 1. The third-order valence-corrected chi connectivity index (χ3v) is 9.46. The highest BCUT2D eigenvalue weighted by Gasteiger charge is 2.37. The van der Waals surface area contributed by atoms with Gasteiger partial charge in [-0.05, 0) is 75.3 Å². The van der Waals surface area contributed by atoms with Crippen LogP contribution in [0.4, 0.5) is 0 Å². The second kappa shape index (κ2) is 11.5. The molecule has 1 heterocycles. The Morgan fingerprint density at radius 2 is 0.913 bits per heavy atom. The molecule has 46 heavy (non-hydrogen) atoms. The molecule has 224 valence electrons. The molecule has 0 bridgehead atoms. The van der Waals surface area contributed by atoms with Crippen LogP contribution in [0.1, 0.15) is 57.2 Å². The van der Waals surface area contributed by atoms with Gasteiger partial charge in [0.25, 0.3) is 0 Å². The molecule has 4 heteroatoms. The van der Waals surface area contributed by atoms with Crippen LogP contribution >= 0.6 is 0 Å². The molecule has 0 aliphatic heterocycles. The molecule has 7 rings (SSSR count). The highest BCUT2D eigenvalue weighted by molar-refractivity contribution is 5.74. The van der Waals surface area contributed by atoms with Crippen LogP contribution in [0, 0.1) is 11.3 Å². The lowest BCUT2D eigenvalue weighted by molar-refractivity contribution is 0.332. The van der Waals surface area contributed by atoms with E-state index in [4.69, 9.17) is 15.0 Å². The number of aromatic nitrogens is 3. The Morgan fingerprint density at radius 3 is 1.54 bits per heavy atom. The number of benzene rings is 5. The molecule has 0 N–H and O–H groups in total. The number of hydrogen-bond acceptors (Lipinski definition) is 4. The fourth-order valence-electron chi connectivity index (χ4n) is 6.51. The summed E-state index contributed by atoms with van der Waals surface area (Å²) in [6.07, 6.45) is 2.40. The van der Waals surface area contributed by atoms with Crippen molar-refractivity contribution in [2.24, 2.45) is 0 Å². The van der Waals surface area contributed by atoms with E-state index < -0.39 is 0 Å². The average Bonchev–Trinajstić information content (AvgIpc) is 3.10. The van der Waals surface area contributed by atoms with Crippen molar-refractivity contribution in [2.45, 2.75) is 51.4 Å². The first-order chi connectivity index (χ1) is 22.2. The monoisotopic (exact) mass is 596 g/mol. The number of hydrogen-bond donors (Lipinski definition) is 0. The molecule has 5 aromatic carbocycles. The van der Waals surface area contributed by atoms with E-state index in [1.54, 1.807) is 0 Å². The molecule has 0 radical (unpaired) electrons. The van der Waals surface area contributed by atoms with E-state index in [-0.39, 0.29) is 10.8 Å². The summed E-state index contributed by atoms with van der Waals surface area (Å²) in [4.78, 5) is 14.9. The Hall–Kier alpha value is -5.40. The topological polar surface area (TPSA) is 62.5 Å².